The first-order chi connectivity index (χ1) is 6.18. The van der Waals surface area contributed by atoms with Gasteiger partial charge in [0.2, 0.25) is 0 Å². The average molecular weight is 186 g/mol. The highest BCUT2D eigenvalue weighted by atomic mass is 19.3. The summed E-state index contributed by atoms with van der Waals surface area (Å²) in [6.45, 7) is 2.04. The number of rotatable bonds is 1. The second-order valence-electron chi connectivity index (χ2n) is 3.58. The van der Waals surface area contributed by atoms with Gasteiger partial charge >= 0.3 is 0 Å². The predicted molar refractivity (Wildman–Crippen MR) is 44.9 cm³/mol. The third-order valence-electron chi connectivity index (χ3n) is 2.57. The van der Waals surface area contributed by atoms with Crippen molar-refractivity contribution in [1.82, 2.24) is 9.97 Å². The number of alkyl halides is 2. The molecule has 0 bridgehead atoms. The van der Waals surface area contributed by atoms with Crippen LogP contribution in [0.25, 0.3) is 0 Å². The molecule has 1 N–H and O–H groups in total. The van der Waals surface area contributed by atoms with E-state index in [1.807, 2.05) is 6.92 Å². The summed E-state index contributed by atoms with van der Waals surface area (Å²) < 4.78 is 24.6. The minimum absolute atomic E-state index is 0.168. The van der Waals surface area contributed by atoms with Gasteiger partial charge in [0, 0.05) is 11.6 Å². The van der Waals surface area contributed by atoms with Crippen LogP contribution in [-0.4, -0.2) is 9.97 Å². The average Bonchev–Trinajstić information content (AvgIpc) is 2.49. The lowest BCUT2D eigenvalue weighted by Gasteiger charge is -2.15. The van der Waals surface area contributed by atoms with Crippen molar-refractivity contribution in [2.24, 2.45) is 0 Å². The Morgan fingerprint density at radius 1 is 1.54 bits per heavy atom. The summed E-state index contributed by atoms with van der Waals surface area (Å²) in [5.74, 6) is 0.159. The number of H-pyrrole nitrogens is 1. The van der Waals surface area contributed by atoms with Crippen molar-refractivity contribution in [2.45, 2.75) is 38.5 Å². The van der Waals surface area contributed by atoms with Crippen molar-refractivity contribution in [3.8, 4) is 0 Å². The second kappa shape index (κ2) is 3.09. The van der Waals surface area contributed by atoms with Gasteiger partial charge in [-0.15, -0.1) is 0 Å². The van der Waals surface area contributed by atoms with Crippen molar-refractivity contribution >= 4 is 0 Å². The zero-order valence-electron chi connectivity index (χ0n) is 7.48. The first-order valence-corrected chi connectivity index (χ1v) is 4.55. The number of aryl methyl sites for hydroxylation is 1. The van der Waals surface area contributed by atoms with Gasteiger partial charge in [-0.2, -0.15) is 0 Å². The maximum absolute atomic E-state index is 12.3. The molecule has 1 unspecified atom stereocenters. The largest absolute Gasteiger partial charge is 0.341 e. The van der Waals surface area contributed by atoms with E-state index in [-0.39, 0.29) is 5.82 Å². The first kappa shape index (κ1) is 8.66. The molecule has 2 rings (SSSR count). The summed E-state index contributed by atoms with van der Waals surface area (Å²) in [4.78, 5) is 6.63. The molecule has 1 atom stereocenters. The summed E-state index contributed by atoms with van der Waals surface area (Å²) in [6.07, 6.45) is 0.511. The van der Waals surface area contributed by atoms with E-state index in [4.69, 9.17) is 0 Å². The van der Waals surface area contributed by atoms with Crippen LogP contribution < -0.4 is 0 Å². The van der Waals surface area contributed by atoms with Gasteiger partial charge in [-0.1, -0.05) is 6.92 Å². The summed E-state index contributed by atoms with van der Waals surface area (Å²) in [7, 11) is 0. The van der Waals surface area contributed by atoms with Crippen LogP contribution in [0.4, 0.5) is 8.78 Å². The Morgan fingerprint density at radius 3 is 2.92 bits per heavy atom. The summed E-state index contributed by atoms with van der Waals surface area (Å²) in [5.41, 5.74) is 1.76. The number of nitrogens with one attached hydrogen (secondary N) is 1. The lowest BCUT2D eigenvalue weighted by molar-refractivity contribution is 0.141. The Morgan fingerprint density at radius 2 is 2.31 bits per heavy atom. The lowest BCUT2D eigenvalue weighted by Crippen LogP contribution is -2.05. The van der Waals surface area contributed by atoms with Gasteiger partial charge in [-0.25, -0.2) is 13.8 Å². The molecule has 4 heteroatoms. The molecule has 0 aromatic carbocycles. The predicted octanol–water partition coefficient (Wildman–Crippen LogP) is 2.79. The van der Waals surface area contributed by atoms with Crippen molar-refractivity contribution in [1.29, 1.82) is 0 Å². The molecule has 0 saturated heterocycles. The fourth-order valence-corrected chi connectivity index (χ4v) is 1.87. The number of aromatic nitrogens is 2. The van der Waals surface area contributed by atoms with E-state index in [9.17, 15) is 8.78 Å². The third kappa shape index (κ3) is 1.45. The van der Waals surface area contributed by atoms with Crippen LogP contribution >= 0.6 is 0 Å². The molecule has 1 aliphatic carbocycles. The SMILES string of the molecule is CC1CCCc2[nH]c(C(F)F)nc21. The van der Waals surface area contributed by atoms with Crippen molar-refractivity contribution in [3.63, 3.8) is 0 Å². The number of hydrogen-bond acceptors (Lipinski definition) is 1. The molecule has 0 fully saturated rings. The van der Waals surface area contributed by atoms with E-state index in [0.29, 0.717) is 5.92 Å². The van der Waals surface area contributed by atoms with Crippen LogP contribution in [0, 0.1) is 0 Å². The lowest BCUT2D eigenvalue weighted by atomic mass is 9.92. The fraction of sp³-hybridized carbons (Fsp3) is 0.667. The normalized spacial score (nSPS) is 22.0. The molecule has 72 valence electrons. The molecule has 0 saturated carbocycles. The van der Waals surface area contributed by atoms with Crippen LogP contribution in [0.3, 0.4) is 0 Å². The summed E-state index contributed by atoms with van der Waals surface area (Å²) in [6, 6.07) is 0. The van der Waals surface area contributed by atoms with Gasteiger partial charge in [-0.3, -0.25) is 0 Å². The quantitative estimate of drug-likeness (QED) is 0.717. The maximum Gasteiger partial charge on any atom is 0.295 e. The molecule has 0 amide bonds. The Balaban J connectivity index is 2.36. The van der Waals surface area contributed by atoms with Gasteiger partial charge in [0.1, 0.15) is 0 Å². The zero-order valence-corrected chi connectivity index (χ0v) is 7.48. The number of imidazole rings is 1. The molecule has 0 radical (unpaired) electrons. The van der Waals surface area contributed by atoms with Crippen molar-refractivity contribution in [3.05, 3.63) is 17.2 Å². The highest BCUT2D eigenvalue weighted by molar-refractivity contribution is 5.21. The van der Waals surface area contributed by atoms with Crippen LogP contribution in [-0.2, 0) is 6.42 Å². The van der Waals surface area contributed by atoms with Crippen molar-refractivity contribution < 1.29 is 8.78 Å². The van der Waals surface area contributed by atoms with Crippen molar-refractivity contribution in [2.75, 3.05) is 0 Å². The molecule has 1 aromatic heterocycles. The van der Waals surface area contributed by atoms with Crippen LogP contribution in [0.15, 0.2) is 0 Å². The van der Waals surface area contributed by atoms with Crippen LogP contribution in [0.5, 0.6) is 0 Å². The number of fused-ring (bicyclic) bond motifs is 1. The number of nitrogens with zero attached hydrogens (tertiary/aromatic N) is 1. The number of hydrogen-bond donors (Lipinski definition) is 1. The van der Waals surface area contributed by atoms with Crippen LogP contribution in [0.2, 0.25) is 0 Å². The monoisotopic (exact) mass is 186 g/mol. The molecule has 1 aromatic rings. The first-order valence-electron chi connectivity index (χ1n) is 4.55. The van der Waals surface area contributed by atoms with E-state index in [2.05, 4.69) is 9.97 Å². The Labute approximate surface area is 75.4 Å². The zero-order chi connectivity index (χ0) is 9.42. The standard InChI is InChI=1S/C9H12F2N2/c1-5-3-2-4-6-7(5)13-9(12-6)8(10)11/h5,8H,2-4H2,1H3,(H,12,13). The molecular weight excluding hydrogens is 174 g/mol. The molecule has 2 nitrogen and oxygen atoms in total. The van der Waals surface area contributed by atoms with Gasteiger partial charge in [0.25, 0.3) is 6.43 Å². The molecule has 1 aliphatic rings. The van der Waals surface area contributed by atoms with Gasteiger partial charge < -0.3 is 4.98 Å². The van der Waals surface area contributed by atoms with E-state index in [0.717, 1.165) is 30.7 Å². The van der Waals surface area contributed by atoms with Gasteiger partial charge in [-0.05, 0) is 19.3 Å². The Bertz CT molecular complexity index is 307. The molecule has 13 heavy (non-hydrogen) atoms. The summed E-state index contributed by atoms with van der Waals surface area (Å²) in [5, 5.41) is 0. The minimum atomic E-state index is -2.47. The highest BCUT2D eigenvalue weighted by Gasteiger charge is 2.23. The van der Waals surface area contributed by atoms with Crippen LogP contribution in [0.1, 0.15) is 49.3 Å². The highest BCUT2D eigenvalue weighted by Crippen LogP contribution is 2.31. The fourth-order valence-electron chi connectivity index (χ4n) is 1.87. The Hall–Kier alpha value is -0.930. The van der Waals surface area contributed by atoms with E-state index >= 15 is 0 Å². The third-order valence-corrected chi connectivity index (χ3v) is 2.57. The van der Waals surface area contributed by atoms with E-state index in [1.54, 1.807) is 0 Å². The smallest absolute Gasteiger partial charge is 0.295 e. The molecular formula is C9H12F2N2. The Kier molecular flexibility index (Phi) is 2.06. The van der Waals surface area contributed by atoms with Gasteiger partial charge in [0.05, 0.1) is 5.69 Å². The van der Waals surface area contributed by atoms with Gasteiger partial charge in [0.15, 0.2) is 5.82 Å². The molecule has 1 heterocycles. The molecule has 0 spiro atoms. The second-order valence-corrected chi connectivity index (χ2v) is 3.58. The number of halogens is 2. The molecule has 0 aliphatic heterocycles. The topological polar surface area (TPSA) is 28.7 Å². The van der Waals surface area contributed by atoms with E-state index < -0.39 is 6.43 Å². The minimum Gasteiger partial charge on any atom is -0.341 e. The number of aromatic amines is 1. The maximum atomic E-state index is 12.3. The van der Waals surface area contributed by atoms with E-state index in [1.165, 1.54) is 0 Å². The summed E-state index contributed by atoms with van der Waals surface area (Å²) >= 11 is 0.